The van der Waals surface area contributed by atoms with Crippen LogP contribution in [0, 0.1) is 5.82 Å². The molecule has 0 spiro atoms. The quantitative estimate of drug-likeness (QED) is 0.770. The maximum Gasteiger partial charge on any atom is 0.242 e. The van der Waals surface area contributed by atoms with Crippen LogP contribution in [0.25, 0.3) is 0 Å². The summed E-state index contributed by atoms with van der Waals surface area (Å²) in [6, 6.07) is 15.1. The van der Waals surface area contributed by atoms with Crippen LogP contribution in [0.1, 0.15) is 38.3 Å². The summed E-state index contributed by atoms with van der Waals surface area (Å²) in [4.78, 5) is 27.1. The summed E-state index contributed by atoms with van der Waals surface area (Å²) in [5, 5.41) is 2.92. The molecule has 1 N–H and O–H groups in total. The number of nitrogens with zero attached hydrogens (tertiary/aromatic N) is 1. The molecule has 144 valence electrons. The molecule has 0 unspecified atom stereocenters. The standard InChI is InChI=1S/C22H27FN2O2/c1-4-16(2)24-22(27)17(3)25(15-18-10-6-5-7-11-18)21(26)14-19-12-8-9-13-20(19)23/h5-13,16-17H,4,14-15H2,1-3H3,(H,24,27)/t16-,17+/m0/s1. The monoisotopic (exact) mass is 370 g/mol. The lowest BCUT2D eigenvalue weighted by atomic mass is 10.1. The highest BCUT2D eigenvalue weighted by atomic mass is 19.1. The van der Waals surface area contributed by atoms with Crippen molar-refractivity contribution in [3.05, 3.63) is 71.5 Å². The van der Waals surface area contributed by atoms with E-state index >= 15 is 0 Å². The number of benzene rings is 2. The first-order chi connectivity index (χ1) is 12.9. The summed E-state index contributed by atoms with van der Waals surface area (Å²) in [5.74, 6) is -0.903. The van der Waals surface area contributed by atoms with Gasteiger partial charge in [0.25, 0.3) is 0 Å². The Kier molecular flexibility index (Phi) is 7.53. The Morgan fingerprint density at radius 3 is 2.30 bits per heavy atom. The van der Waals surface area contributed by atoms with Crippen molar-refractivity contribution in [3.8, 4) is 0 Å². The summed E-state index contributed by atoms with van der Waals surface area (Å²) in [5.41, 5.74) is 1.25. The van der Waals surface area contributed by atoms with Gasteiger partial charge in [0.05, 0.1) is 6.42 Å². The molecule has 0 bridgehead atoms. The molecule has 0 aliphatic rings. The van der Waals surface area contributed by atoms with Crippen molar-refractivity contribution in [2.45, 2.75) is 52.2 Å². The van der Waals surface area contributed by atoms with Gasteiger partial charge >= 0.3 is 0 Å². The molecule has 0 heterocycles. The zero-order valence-electron chi connectivity index (χ0n) is 16.1. The number of rotatable bonds is 8. The lowest BCUT2D eigenvalue weighted by molar-refractivity contribution is -0.140. The second-order valence-corrected chi connectivity index (χ2v) is 6.77. The molecule has 2 rings (SSSR count). The van der Waals surface area contributed by atoms with Gasteiger partial charge < -0.3 is 10.2 Å². The summed E-state index contributed by atoms with van der Waals surface area (Å²) in [6.07, 6.45) is 0.723. The molecule has 0 aliphatic carbocycles. The molecule has 4 nitrogen and oxygen atoms in total. The molecule has 2 atom stereocenters. The maximum atomic E-state index is 14.0. The fraction of sp³-hybridized carbons (Fsp3) is 0.364. The van der Waals surface area contributed by atoms with Gasteiger partial charge in [-0.3, -0.25) is 9.59 Å². The second-order valence-electron chi connectivity index (χ2n) is 6.77. The van der Waals surface area contributed by atoms with E-state index in [4.69, 9.17) is 0 Å². The Morgan fingerprint density at radius 2 is 1.67 bits per heavy atom. The Bertz CT molecular complexity index is 764. The van der Waals surface area contributed by atoms with Gasteiger partial charge in [0.1, 0.15) is 11.9 Å². The van der Waals surface area contributed by atoms with E-state index < -0.39 is 11.9 Å². The SMILES string of the molecule is CC[C@H](C)NC(=O)[C@@H](C)N(Cc1ccccc1)C(=O)Cc1ccccc1F. The van der Waals surface area contributed by atoms with Gasteiger partial charge in [-0.25, -0.2) is 4.39 Å². The molecule has 0 aromatic heterocycles. The van der Waals surface area contributed by atoms with Crippen molar-refractivity contribution in [3.63, 3.8) is 0 Å². The van der Waals surface area contributed by atoms with Crippen LogP contribution in [0.5, 0.6) is 0 Å². The number of carbonyl (C=O) groups is 2. The molecular weight excluding hydrogens is 343 g/mol. The number of hydrogen-bond acceptors (Lipinski definition) is 2. The molecule has 0 saturated heterocycles. The first kappa shape index (κ1) is 20.6. The highest BCUT2D eigenvalue weighted by Crippen LogP contribution is 2.14. The summed E-state index contributed by atoms with van der Waals surface area (Å²) in [6.45, 7) is 5.91. The van der Waals surface area contributed by atoms with E-state index in [1.54, 1.807) is 25.1 Å². The first-order valence-electron chi connectivity index (χ1n) is 9.29. The summed E-state index contributed by atoms with van der Waals surface area (Å²) in [7, 11) is 0. The lowest BCUT2D eigenvalue weighted by Gasteiger charge is -2.30. The molecule has 2 aromatic rings. The van der Waals surface area contributed by atoms with Crippen LogP contribution in [0.4, 0.5) is 4.39 Å². The molecule has 0 fully saturated rings. The maximum absolute atomic E-state index is 14.0. The zero-order chi connectivity index (χ0) is 19.8. The van der Waals surface area contributed by atoms with Gasteiger partial charge in [-0.15, -0.1) is 0 Å². The Labute approximate surface area is 160 Å². The molecule has 0 aliphatic heterocycles. The van der Waals surface area contributed by atoms with E-state index in [1.165, 1.54) is 11.0 Å². The molecular formula is C22H27FN2O2. The highest BCUT2D eigenvalue weighted by molar-refractivity contribution is 5.88. The molecule has 0 radical (unpaired) electrons. The lowest BCUT2D eigenvalue weighted by Crippen LogP contribution is -2.49. The Hall–Kier alpha value is -2.69. The zero-order valence-corrected chi connectivity index (χ0v) is 16.1. The van der Waals surface area contributed by atoms with Crippen molar-refractivity contribution in [2.24, 2.45) is 0 Å². The molecule has 2 aromatic carbocycles. The number of halogens is 1. The Balaban J connectivity index is 2.21. The second kappa shape index (κ2) is 9.86. The van der Waals surface area contributed by atoms with Gasteiger partial charge in [0, 0.05) is 12.6 Å². The van der Waals surface area contributed by atoms with Crippen LogP contribution >= 0.6 is 0 Å². The number of carbonyl (C=O) groups excluding carboxylic acids is 2. The van der Waals surface area contributed by atoms with E-state index in [0.717, 1.165) is 12.0 Å². The van der Waals surface area contributed by atoms with E-state index in [-0.39, 0.29) is 24.3 Å². The molecule has 2 amide bonds. The fourth-order valence-electron chi connectivity index (χ4n) is 2.73. The van der Waals surface area contributed by atoms with Gasteiger partial charge in [-0.05, 0) is 37.5 Å². The van der Waals surface area contributed by atoms with Crippen LogP contribution < -0.4 is 5.32 Å². The van der Waals surface area contributed by atoms with Crippen LogP contribution in [0.2, 0.25) is 0 Å². The Morgan fingerprint density at radius 1 is 1.04 bits per heavy atom. The van der Waals surface area contributed by atoms with Crippen molar-refractivity contribution >= 4 is 11.8 Å². The van der Waals surface area contributed by atoms with E-state index in [0.29, 0.717) is 12.1 Å². The van der Waals surface area contributed by atoms with Crippen LogP contribution in [-0.4, -0.2) is 28.8 Å². The smallest absolute Gasteiger partial charge is 0.242 e. The van der Waals surface area contributed by atoms with Crippen LogP contribution in [0.15, 0.2) is 54.6 Å². The molecule has 0 saturated carbocycles. The average molecular weight is 370 g/mol. The van der Waals surface area contributed by atoms with Gasteiger partial charge in [-0.1, -0.05) is 55.5 Å². The third-order valence-electron chi connectivity index (χ3n) is 4.66. The summed E-state index contributed by atoms with van der Waals surface area (Å²) >= 11 is 0. The fourth-order valence-corrected chi connectivity index (χ4v) is 2.73. The van der Waals surface area contributed by atoms with Gasteiger partial charge in [-0.2, -0.15) is 0 Å². The minimum absolute atomic E-state index is 0.0280. The average Bonchev–Trinajstić information content (AvgIpc) is 2.67. The van der Waals surface area contributed by atoms with Crippen LogP contribution in [0.3, 0.4) is 0 Å². The van der Waals surface area contributed by atoms with Crippen molar-refractivity contribution in [2.75, 3.05) is 0 Å². The van der Waals surface area contributed by atoms with E-state index in [2.05, 4.69) is 5.32 Å². The third kappa shape index (κ3) is 5.91. The minimum atomic E-state index is -0.654. The van der Waals surface area contributed by atoms with Crippen LogP contribution in [-0.2, 0) is 22.6 Å². The van der Waals surface area contributed by atoms with E-state index in [9.17, 15) is 14.0 Å². The van der Waals surface area contributed by atoms with Crippen molar-refractivity contribution in [1.29, 1.82) is 0 Å². The minimum Gasteiger partial charge on any atom is -0.352 e. The largest absolute Gasteiger partial charge is 0.352 e. The molecule has 5 heteroatoms. The van der Waals surface area contributed by atoms with Crippen molar-refractivity contribution in [1.82, 2.24) is 10.2 Å². The number of hydrogen-bond donors (Lipinski definition) is 1. The number of amides is 2. The first-order valence-corrected chi connectivity index (χ1v) is 9.29. The third-order valence-corrected chi connectivity index (χ3v) is 4.66. The topological polar surface area (TPSA) is 49.4 Å². The van der Waals surface area contributed by atoms with Gasteiger partial charge in [0.2, 0.25) is 11.8 Å². The molecule has 27 heavy (non-hydrogen) atoms. The number of nitrogens with one attached hydrogen (secondary N) is 1. The predicted molar refractivity (Wildman–Crippen MR) is 104 cm³/mol. The predicted octanol–water partition coefficient (Wildman–Crippen LogP) is 3.70. The highest BCUT2D eigenvalue weighted by Gasteiger charge is 2.27. The van der Waals surface area contributed by atoms with Gasteiger partial charge in [0.15, 0.2) is 0 Å². The van der Waals surface area contributed by atoms with Crippen molar-refractivity contribution < 1.29 is 14.0 Å². The van der Waals surface area contributed by atoms with E-state index in [1.807, 2.05) is 44.2 Å². The normalized spacial score (nSPS) is 12.9. The summed E-state index contributed by atoms with van der Waals surface area (Å²) < 4.78 is 14.0.